The van der Waals surface area contributed by atoms with Crippen LogP contribution in [0, 0.1) is 23.0 Å². The van der Waals surface area contributed by atoms with Gasteiger partial charge in [0, 0.05) is 6.04 Å². The Morgan fingerprint density at radius 3 is 2.38 bits per heavy atom. The molecule has 1 rings (SSSR count). The summed E-state index contributed by atoms with van der Waals surface area (Å²) in [6, 6.07) is 3.16. The molecule has 0 aliphatic heterocycles. The molecule has 0 aliphatic rings. The summed E-state index contributed by atoms with van der Waals surface area (Å²) in [5.74, 6) is -1.66. The molecule has 1 aromatic rings. The van der Waals surface area contributed by atoms with E-state index < -0.39 is 17.7 Å². The van der Waals surface area contributed by atoms with Crippen molar-refractivity contribution in [2.75, 3.05) is 11.9 Å². The Kier molecular flexibility index (Phi) is 4.20. The zero-order valence-corrected chi connectivity index (χ0v) is 8.80. The summed E-state index contributed by atoms with van der Waals surface area (Å²) in [4.78, 5) is 0. The topological polar surface area (TPSA) is 56.0 Å². The lowest BCUT2D eigenvalue weighted by Crippen LogP contribution is -2.24. The second-order valence-corrected chi connectivity index (χ2v) is 3.36. The van der Waals surface area contributed by atoms with Gasteiger partial charge < -0.3 is 10.4 Å². The molecule has 2 N–H and O–H groups in total. The zero-order valence-electron chi connectivity index (χ0n) is 8.80. The van der Waals surface area contributed by atoms with Crippen molar-refractivity contribution in [2.45, 2.75) is 19.4 Å². The molecule has 0 fully saturated rings. The Morgan fingerprint density at radius 2 is 2.00 bits per heavy atom. The van der Waals surface area contributed by atoms with E-state index in [2.05, 4.69) is 5.32 Å². The third-order valence-electron chi connectivity index (χ3n) is 2.23. The number of rotatable bonds is 4. The monoisotopic (exact) mass is 226 g/mol. The fraction of sp³-hybridized carbons (Fsp3) is 0.364. The minimum Gasteiger partial charge on any atom is -0.394 e. The molecule has 1 atom stereocenters. The first-order valence-electron chi connectivity index (χ1n) is 4.88. The summed E-state index contributed by atoms with van der Waals surface area (Å²) in [5.41, 5.74) is -0.377. The second-order valence-electron chi connectivity index (χ2n) is 3.36. The molecule has 0 spiro atoms. The largest absolute Gasteiger partial charge is 0.394 e. The van der Waals surface area contributed by atoms with E-state index in [0.717, 1.165) is 12.1 Å². The SMILES string of the molecule is CC[C@@H](CO)Nc1c(F)cc(C#N)cc1F. The van der Waals surface area contributed by atoms with Crippen molar-refractivity contribution in [1.82, 2.24) is 0 Å². The number of nitriles is 1. The second kappa shape index (κ2) is 5.42. The molecule has 3 nitrogen and oxygen atoms in total. The van der Waals surface area contributed by atoms with Crippen LogP contribution in [-0.2, 0) is 0 Å². The summed E-state index contributed by atoms with van der Waals surface area (Å²) in [7, 11) is 0. The maximum absolute atomic E-state index is 13.4. The van der Waals surface area contributed by atoms with Crippen LogP contribution in [0.2, 0.25) is 0 Å². The Bertz CT molecular complexity index is 388. The summed E-state index contributed by atoms with van der Waals surface area (Å²) >= 11 is 0. The number of aliphatic hydroxyl groups is 1. The molecule has 16 heavy (non-hydrogen) atoms. The van der Waals surface area contributed by atoms with Gasteiger partial charge in [-0.2, -0.15) is 5.26 Å². The smallest absolute Gasteiger partial charge is 0.150 e. The Morgan fingerprint density at radius 1 is 1.44 bits per heavy atom. The van der Waals surface area contributed by atoms with E-state index in [4.69, 9.17) is 10.4 Å². The first-order chi connectivity index (χ1) is 7.62. The average Bonchev–Trinajstić information content (AvgIpc) is 2.28. The van der Waals surface area contributed by atoms with Crippen molar-refractivity contribution in [2.24, 2.45) is 0 Å². The molecule has 0 aromatic heterocycles. The van der Waals surface area contributed by atoms with Crippen LogP contribution in [0.25, 0.3) is 0 Å². The molecule has 0 amide bonds. The molecule has 0 heterocycles. The van der Waals surface area contributed by atoms with Gasteiger partial charge in [-0.3, -0.25) is 0 Å². The fourth-order valence-corrected chi connectivity index (χ4v) is 1.26. The lowest BCUT2D eigenvalue weighted by Gasteiger charge is -2.16. The average molecular weight is 226 g/mol. The van der Waals surface area contributed by atoms with E-state index in [-0.39, 0.29) is 17.9 Å². The van der Waals surface area contributed by atoms with Crippen LogP contribution in [0.15, 0.2) is 12.1 Å². The zero-order chi connectivity index (χ0) is 12.1. The molecule has 0 unspecified atom stereocenters. The first-order valence-corrected chi connectivity index (χ1v) is 4.88. The summed E-state index contributed by atoms with van der Waals surface area (Å²) < 4.78 is 26.8. The van der Waals surface area contributed by atoms with Crippen LogP contribution in [-0.4, -0.2) is 17.8 Å². The van der Waals surface area contributed by atoms with Gasteiger partial charge in [0.1, 0.15) is 5.69 Å². The molecule has 0 radical (unpaired) electrons. The van der Waals surface area contributed by atoms with Gasteiger partial charge in [0.15, 0.2) is 11.6 Å². The maximum Gasteiger partial charge on any atom is 0.150 e. The summed E-state index contributed by atoms with van der Waals surface area (Å²) in [6.45, 7) is 1.57. The minimum atomic E-state index is -0.830. The number of anilines is 1. The third-order valence-corrected chi connectivity index (χ3v) is 2.23. The van der Waals surface area contributed by atoms with Crippen molar-refractivity contribution in [1.29, 1.82) is 5.26 Å². The summed E-state index contributed by atoms with van der Waals surface area (Å²) in [6.07, 6.45) is 0.537. The third kappa shape index (κ3) is 2.67. The lowest BCUT2D eigenvalue weighted by molar-refractivity contribution is 0.271. The molecule has 86 valence electrons. The molecule has 0 saturated carbocycles. The van der Waals surface area contributed by atoms with Crippen LogP contribution >= 0.6 is 0 Å². The van der Waals surface area contributed by atoms with Crippen molar-refractivity contribution in [3.63, 3.8) is 0 Å². The number of nitrogens with zero attached hydrogens (tertiary/aromatic N) is 1. The van der Waals surface area contributed by atoms with Gasteiger partial charge >= 0.3 is 0 Å². The van der Waals surface area contributed by atoms with Crippen molar-refractivity contribution >= 4 is 5.69 Å². The van der Waals surface area contributed by atoms with Gasteiger partial charge in [-0.15, -0.1) is 0 Å². The lowest BCUT2D eigenvalue weighted by atomic mass is 10.1. The number of halogens is 2. The molecule has 0 saturated heterocycles. The summed E-state index contributed by atoms with van der Waals surface area (Å²) in [5, 5.41) is 20.0. The highest BCUT2D eigenvalue weighted by Gasteiger charge is 2.14. The van der Waals surface area contributed by atoms with Gasteiger partial charge in [-0.25, -0.2) is 8.78 Å². The number of nitrogens with one attached hydrogen (secondary N) is 1. The predicted molar refractivity (Wildman–Crippen MR) is 55.9 cm³/mol. The fourth-order valence-electron chi connectivity index (χ4n) is 1.26. The van der Waals surface area contributed by atoms with E-state index in [1.165, 1.54) is 0 Å². The maximum atomic E-state index is 13.4. The van der Waals surface area contributed by atoms with E-state index in [1.54, 1.807) is 13.0 Å². The van der Waals surface area contributed by atoms with Crippen molar-refractivity contribution in [3.8, 4) is 6.07 Å². The number of hydrogen-bond acceptors (Lipinski definition) is 3. The first kappa shape index (κ1) is 12.4. The predicted octanol–water partition coefficient (Wildman–Crippen LogP) is 2.02. The quantitative estimate of drug-likeness (QED) is 0.825. The molecule has 0 aliphatic carbocycles. The normalized spacial score (nSPS) is 11.9. The van der Waals surface area contributed by atoms with E-state index in [0.29, 0.717) is 6.42 Å². The van der Waals surface area contributed by atoms with Crippen LogP contribution in [0.3, 0.4) is 0 Å². The van der Waals surface area contributed by atoms with Gasteiger partial charge in [-0.05, 0) is 18.6 Å². The van der Waals surface area contributed by atoms with Crippen LogP contribution in [0.4, 0.5) is 14.5 Å². The van der Waals surface area contributed by atoms with E-state index >= 15 is 0 Å². The Labute approximate surface area is 92.3 Å². The van der Waals surface area contributed by atoms with Crippen LogP contribution < -0.4 is 5.32 Å². The molecular weight excluding hydrogens is 214 g/mol. The highest BCUT2D eigenvalue weighted by molar-refractivity contribution is 5.50. The number of benzene rings is 1. The molecule has 0 bridgehead atoms. The van der Waals surface area contributed by atoms with Crippen molar-refractivity contribution < 1.29 is 13.9 Å². The standard InChI is InChI=1S/C11H12F2N2O/c1-2-8(6-16)15-11-9(12)3-7(5-14)4-10(11)13/h3-4,8,15-16H,2,6H2,1H3/t8-/m0/s1. The highest BCUT2D eigenvalue weighted by Crippen LogP contribution is 2.21. The van der Waals surface area contributed by atoms with Crippen LogP contribution in [0.5, 0.6) is 0 Å². The van der Waals surface area contributed by atoms with Gasteiger partial charge in [0.2, 0.25) is 0 Å². The molecular formula is C11H12F2N2O. The van der Waals surface area contributed by atoms with Crippen molar-refractivity contribution in [3.05, 3.63) is 29.3 Å². The molecule has 1 aromatic carbocycles. The number of aliphatic hydroxyl groups excluding tert-OH is 1. The van der Waals surface area contributed by atoms with Gasteiger partial charge in [-0.1, -0.05) is 6.92 Å². The van der Waals surface area contributed by atoms with Gasteiger partial charge in [0.05, 0.1) is 18.2 Å². The van der Waals surface area contributed by atoms with Crippen LogP contribution in [0.1, 0.15) is 18.9 Å². The Balaban J connectivity index is 3.01. The molecule has 5 heteroatoms. The van der Waals surface area contributed by atoms with E-state index in [1.807, 2.05) is 0 Å². The van der Waals surface area contributed by atoms with Gasteiger partial charge in [0.25, 0.3) is 0 Å². The minimum absolute atomic E-state index is 0.0717. The number of hydrogen-bond donors (Lipinski definition) is 2. The van der Waals surface area contributed by atoms with E-state index in [9.17, 15) is 8.78 Å². The highest BCUT2D eigenvalue weighted by atomic mass is 19.1. The Hall–Kier alpha value is -1.67.